The summed E-state index contributed by atoms with van der Waals surface area (Å²) >= 11 is 0. The van der Waals surface area contributed by atoms with Crippen molar-refractivity contribution in [2.45, 2.75) is 89.3 Å². The molecule has 0 atom stereocenters. The molecule has 2 aromatic carbocycles. The smallest absolute Gasteiger partial charge is 0.261 e. The van der Waals surface area contributed by atoms with E-state index in [1.54, 1.807) is 6.07 Å². The predicted octanol–water partition coefficient (Wildman–Crippen LogP) is 7.02. The summed E-state index contributed by atoms with van der Waals surface area (Å²) in [6.07, 6.45) is 1.71. The van der Waals surface area contributed by atoms with E-state index in [1.807, 2.05) is 26.0 Å². The topological polar surface area (TPSA) is 122 Å². The van der Waals surface area contributed by atoms with Crippen molar-refractivity contribution < 1.29 is 27.6 Å². The summed E-state index contributed by atoms with van der Waals surface area (Å²) < 4.78 is 33.1. The Hall–Kier alpha value is -3.02. The Labute approximate surface area is 263 Å². The van der Waals surface area contributed by atoms with Crippen LogP contribution in [0.25, 0.3) is 0 Å². The standard InChI is InChI=1S/C34H46N2O6SSi/c1-32(2,3)44(27-14-10-8-11-15-27,28-16-12-9-13-17-28)41-24-33(4,5)29-22-30(42-36-29)35-31(38)34(6,7)43(39,40)23-25-18-20-26(37)21-19-25/h8-17,22-23,39-40H,18-21,24H2,1-7H3,(H,35,38). The number of nitrogens with one attached hydrogen (secondary N) is 1. The van der Waals surface area contributed by atoms with E-state index in [0.29, 0.717) is 38.0 Å². The van der Waals surface area contributed by atoms with Crippen LogP contribution in [0.5, 0.6) is 0 Å². The van der Waals surface area contributed by atoms with Crippen LogP contribution in [-0.2, 0) is 19.4 Å². The first-order valence-electron chi connectivity index (χ1n) is 15.0. The molecule has 1 amide bonds. The van der Waals surface area contributed by atoms with Crippen LogP contribution in [0.4, 0.5) is 5.88 Å². The van der Waals surface area contributed by atoms with Gasteiger partial charge in [0.2, 0.25) is 5.88 Å². The zero-order valence-electron chi connectivity index (χ0n) is 26.8. The van der Waals surface area contributed by atoms with Gasteiger partial charge < -0.3 is 8.95 Å². The predicted molar refractivity (Wildman–Crippen MR) is 180 cm³/mol. The molecule has 4 rings (SSSR count). The van der Waals surface area contributed by atoms with Gasteiger partial charge in [0.1, 0.15) is 10.5 Å². The van der Waals surface area contributed by atoms with Gasteiger partial charge in [-0.1, -0.05) is 106 Å². The van der Waals surface area contributed by atoms with Crippen LogP contribution in [0.15, 0.2) is 82.2 Å². The van der Waals surface area contributed by atoms with Crippen molar-refractivity contribution in [2.75, 3.05) is 11.9 Å². The van der Waals surface area contributed by atoms with Gasteiger partial charge in [-0.3, -0.25) is 24.0 Å². The molecule has 1 heterocycles. The van der Waals surface area contributed by atoms with Crippen LogP contribution >= 0.6 is 10.6 Å². The van der Waals surface area contributed by atoms with E-state index in [1.165, 1.54) is 29.6 Å². The number of hydrogen-bond donors (Lipinski definition) is 3. The molecule has 1 aliphatic carbocycles. The lowest BCUT2D eigenvalue weighted by Crippen LogP contribution is -2.67. The fraction of sp³-hybridized carbons (Fsp3) is 0.441. The molecule has 3 N–H and O–H groups in total. The lowest BCUT2D eigenvalue weighted by atomic mass is 9.91. The fourth-order valence-electron chi connectivity index (χ4n) is 5.52. The van der Waals surface area contributed by atoms with Gasteiger partial charge >= 0.3 is 0 Å². The van der Waals surface area contributed by atoms with E-state index >= 15 is 0 Å². The Morgan fingerprint density at radius 2 is 1.45 bits per heavy atom. The van der Waals surface area contributed by atoms with Crippen molar-refractivity contribution in [3.63, 3.8) is 0 Å². The summed E-state index contributed by atoms with van der Waals surface area (Å²) in [7, 11) is -6.26. The van der Waals surface area contributed by atoms with Gasteiger partial charge in [-0.25, -0.2) is 0 Å². The Balaban J connectivity index is 1.54. The molecule has 0 unspecified atom stereocenters. The summed E-state index contributed by atoms with van der Waals surface area (Å²) in [4.78, 5) is 24.9. The van der Waals surface area contributed by atoms with Gasteiger partial charge in [0.25, 0.3) is 14.2 Å². The monoisotopic (exact) mass is 638 g/mol. The van der Waals surface area contributed by atoms with Crippen LogP contribution < -0.4 is 15.7 Å². The number of aromatic nitrogens is 1. The Bertz CT molecular complexity index is 1440. The molecule has 238 valence electrons. The summed E-state index contributed by atoms with van der Waals surface area (Å²) in [5.74, 6) is -0.329. The highest BCUT2D eigenvalue weighted by Gasteiger charge is 2.51. The number of hydrogen-bond acceptors (Lipinski definition) is 7. The highest BCUT2D eigenvalue weighted by Crippen LogP contribution is 2.55. The number of nitrogens with zero attached hydrogens (tertiary/aromatic N) is 1. The van der Waals surface area contributed by atoms with Gasteiger partial charge in [0.15, 0.2) is 0 Å². The Morgan fingerprint density at radius 1 is 0.932 bits per heavy atom. The number of rotatable bonds is 10. The van der Waals surface area contributed by atoms with Crippen LogP contribution in [0.3, 0.4) is 0 Å². The molecule has 44 heavy (non-hydrogen) atoms. The molecule has 0 aliphatic heterocycles. The lowest BCUT2D eigenvalue weighted by Gasteiger charge is -2.44. The summed E-state index contributed by atoms with van der Waals surface area (Å²) in [5.41, 5.74) is 0.806. The molecule has 3 aromatic rings. The van der Waals surface area contributed by atoms with E-state index in [2.05, 4.69) is 79.8 Å². The normalized spacial score (nSPS) is 15.7. The third-order valence-electron chi connectivity index (χ3n) is 8.59. The van der Waals surface area contributed by atoms with E-state index in [-0.39, 0.29) is 16.7 Å². The molecule has 1 fully saturated rings. The lowest BCUT2D eigenvalue weighted by molar-refractivity contribution is -0.120. The van der Waals surface area contributed by atoms with Crippen molar-refractivity contribution in [3.05, 3.63) is 83.4 Å². The molecule has 1 saturated carbocycles. The number of allylic oxidation sites excluding steroid dienone is 1. The molecule has 10 heteroatoms. The van der Waals surface area contributed by atoms with Crippen LogP contribution in [0.2, 0.25) is 5.04 Å². The largest absolute Gasteiger partial charge is 0.406 e. The van der Waals surface area contributed by atoms with Gasteiger partial charge in [0, 0.05) is 36.3 Å². The first-order valence-corrected chi connectivity index (χ1v) is 18.5. The van der Waals surface area contributed by atoms with Crippen molar-refractivity contribution in [2.24, 2.45) is 0 Å². The van der Waals surface area contributed by atoms with Gasteiger partial charge in [-0.15, -0.1) is 0 Å². The average Bonchev–Trinajstić information content (AvgIpc) is 3.44. The molecule has 0 saturated heterocycles. The third-order valence-corrected chi connectivity index (χ3v) is 15.9. The van der Waals surface area contributed by atoms with Crippen LogP contribution in [0, 0.1) is 0 Å². The molecular formula is C34H46N2O6SSi. The Kier molecular flexibility index (Phi) is 9.82. The molecule has 0 bridgehead atoms. The summed E-state index contributed by atoms with van der Waals surface area (Å²) in [5, 5.41) is 10.5. The molecule has 0 radical (unpaired) electrons. The highest BCUT2D eigenvalue weighted by molar-refractivity contribution is 8.28. The van der Waals surface area contributed by atoms with E-state index in [0.717, 1.165) is 5.57 Å². The van der Waals surface area contributed by atoms with Crippen molar-refractivity contribution >= 4 is 46.9 Å². The number of carbonyl (C=O) groups excluding carboxylic acids is 2. The highest BCUT2D eigenvalue weighted by atomic mass is 32.3. The molecule has 0 spiro atoms. The van der Waals surface area contributed by atoms with E-state index < -0.39 is 35.0 Å². The summed E-state index contributed by atoms with van der Waals surface area (Å²) in [6, 6.07) is 22.5. The van der Waals surface area contributed by atoms with Crippen molar-refractivity contribution in [3.8, 4) is 0 Å². The number of Topliss-reactive ketones (excluding diaryl/α,β-unsaturated/α-hetero) is 1. The third kappa shape index (κ3) is 6.94. The van der Waals surface area contributed by atoms with Gasteiger partial charge in [0.05, 0.1) is 5.69 Å². The number of ketones is 1. The number of amides is 1. The minimum atomic E-state index is -3.47. The minimum Gasteiger partial charge on any atom is -0.406 e. The van der Waals surface area contributed by atoms with Crippen LogP contribution in [0.1, 0.15) is 79.8 Å². The maximum Gasteiger partial charge on any atom is 0.261 e. The first-order chi connectivity index (χ1) is 20.5. The number of benzene rings is 2. The maximum absolute atomic E-state index is 13.3. The zero-order valence-corrected chi connectivity index (χ0v) is 28.7. The molecular weight excluding hydrogens is 593 g/mol. The quantitative estimate of drug-likeness (QED) is 0.204. The first kappa shape index (κ1) is 33.9. The second-order valence-electron chi connectivity index (χ2n) is 13.8. The van der Waals surface area contributed by atoms with Gasteiger partial charge in [-0.2, -0.15) is 10.6 Å². The molecule has 1 aliphatic rings. The van der Waals surface area contributed by atoms with Crippen molar-refractivity contribution in [1.82, 2.24) is 5.16 Å². The SMILES string of the molecule is CC(C)(CO[Si](c1ccccc1)(c1ccccc1)C(C)(C)C)c1cc(NC(=O)C(C)(C)S(O)(O)C=C2CCC(=O)CC2)on1. The average molecular weight is 639 g/mol. The second kappa shape index (κ2) is 12.8. The van der Waals surface area contributed by atoms with Gasteiger partial charge in [-0.05, 0) is 42.1 Å². The second-order valence-corrected chi connectivity index (χ2v) is 20.5. The maximum atomic E-state index is 13.3. The Morgan fingerprint density at radius 3 is 1.95 bits per heavy atom. The minimum absolute atomic E-state index is 0.114. The zero-order chi connectivity index (χ0) is 32.4. The number of carbonyl (C=O) groups is 2. The molecule has 8 nitrogen and oxygen atoms in total. The number of anilines is 1. The fourth-order valence-corrected chi connectivity index (χ4v) is 11.6. The van der Waals surface area contributed by atoms with E-state index in [4.69, 9.17) is 8.95 Å². The van der Waals surface area contributed by atoms with Crippen LogP contribution in [-0.4, -0.2) is 45.6 Å². The van der Waals surface area contributed by atoms with Crippen molar-refractivity contribution in [1.29, 1.82) is 0 Å². The molecule has 1 aromatic heterocycles. The van der Waals surface area contributed by atoms with E-state index in [9.17, 15) is 18.7 Å². The summed E-state index contributed by atoms with van der Waals surface area (Å²) in [6.45, 7) is 14.1.